The highest BCUT2D eigenvalue weighted by Crippen LogP contribution is 2.29. The zero-order chi connectivity index (χ0) is 19.3. The molecule has 7 heteroatoms. The van der Waals surface area contributed by atoms with E-state index >= 15 is 0 Å². The van der Waals surface area contributed by atoms with Gasteiger partial charge in [-0.1, -0.05) is 24.3 Å². The quantitative estimate of drug-likeness (QED) is 0.677. The third-order valence-corrected chi connectivity index (χ3v) is 5.45. The van der Waals surface area contributed by atoms with Crippen LogP contribution >= 0.6 is 0 Å². The monoisotopic (exact) mass is 384 g/mol. The Morgan fingerprint density at radius 1 is 0.926 bits per heavy atom. The lowest BCUT2D eigenvalue weighted by Gasteiger charge is -2.11. The lowest BCUT2D eigenvalue weighted by Crippen LogP contribution is -2.23. The van der Waals surface area contributed by atoms with E-state index in [1.54, 1.807) is 18.5 Å². The van der Waals surface area contributed by atoms with Crippen molar-refractivity contribution < 1.29 is 17.9 Å². The topological polar surface area (TPSA) is 77.5 Å². The minimum absolute atomic E-state index is 0.114. The van der Waals surface area contributed by atoms with Gasteiger partial charge in [-0.2, -0.15) is 0 Å². The van der Waals surface area contributed by atoms with E-state index in [1.807, 2.05) is 36.4 Å². The number of pyridine rings is 1. The Labute approximate surface area is 158 Å². The molecule has 2 aromatic carbocycles. The molecule has 27 heavy (non-hydrogen) atoms. The van der Waals surface area contributed by atoms with Crippen molar-refractivity contribution in [3.8, 4) is 22.6 Å². The van der Waals surface area contributed by atoms with E-state index in [0.29, 0.717) is 11.5 Å². The largest absolute Gasteiger partial charge is 0.493 e. The molecule has 1 aromatic heterocycles. The Kier molecular flexibility index (Phi) is 5.73. The van der Waals surface area contributed by atoms with Crippen LogP contribution in [0.5, 0.6) is 11.5 Å². The summed E-state index contributed by atoms with van der Waals surface area (Å²) in [5, 5.41) is 0. The van der Waals surface area contributed by atoms with Crippen molar-refractivity contribution in [1.82, 2.24) is 9.71 Å². The van der Waals surface area contributed by atoms with E-state index in [9.17, 15) is 8.42 Å². The maximum atomic E-state index is 12.6. The van der Waals surface area contributed by atoms with Crippen LogP contribution in [0.1, 0.15) is 5.56 Å². The molecular formula is C20H20N2O4S. The number of aromatic nitrogens is 1. The molecule has 0 aliphatic rings. The molecule has 0 radical (unpaired) electrons. The number of nitrogens with one attached hydrogen (secondary N) is 1. The first-order chi connectivity index (χ1) is 13.0. The number of hydrogen-bond donors (Lipinski definition) is 1. The van der Waals surface area contributed by atoms with Crippen LogP contribution in [-0.2, 0) is 16.6 Å². The standard InChI is InChI=1S/C20H20N2O4S/c1-25-19-9-8-18(12-20(19)26-2)27(23,24)22-13-15-5-3-6-16(11-15)17-7-4-10-21-14-17/h3-12,14,22H,13H2,1-2H3. The second-order valence-electron chi connectivity index (χ2n) is 5.78. The van der Waals surface area contributed by atoms with Crippen molar-refractivity contribution >= 4 is 10.0 Å². The van der Waals surface area contributed by atoms with Crippen molar-refractivity contribution in [2.75, 3.05) is 14.2 Å². The average Bonchev–Trinajstić information content (AvgIpc) is 2.72. The van der Waals surface area contributed by atoms with E-state index in [2.05, 4.69) is 9.71 Å². The molecule has 0 fully saturated rings. The highest BCUT2D eigenvalue weighted by molar-refractivity contribution is 7.89. The van der Waals surface area contributed by atoms with Crippen molar-refractivity contribution in [3.63, 3.8) is 0 Å². The van der Waals surface area contributed by atoms with E-state index in [1.165, 1.54) is 26.4 Å². The van der Waals surface area contributed by atoms with Gasteiger partial charge < -0.3 is 9.47 Å². The van der Waals surface area contributed by atoms with Crippen LogP contribution in [0.4, 0.5) is 0 Å². The van der Waals surface area contributed by atoms with E-state index in [4.69, 9.17) is 9.47 Å². The molecule has 0 bridgehead atoms. The fraction of sp³-hybridized carbons (Fsp3) is 0.150. The van der Waals surface area contributed by atoms with E-state index in [-0.39, 0.29) is 11.4 Å². The summed E-state index contributed by atoms with van der Waals surface area (Å²) in [5.41, 5.74) is 2.80. The van der Waals surface area contributed by atoms with Crippen molar-refractivity contribution in [2.45, 2.75) is 11.4 Å². The summed E-state index contributed by atoms with van der Waals surface area (Å²) >= 11 is 0. The molecule has 0 spiro atoms. The third kappa shape index (κ3) is 4.45. The number of ether oxygens (including phenoxy) is 2. The molecule has 0 saturated carbocycles. The van der Waals surface area contributed by atoms with Crippen molar-refractivity contribution in [1.29, 1.82) is 0 Å². The average molecular weight is 384 g/mol. The van der Waals surface area contributed by atoms with Gasteiger partial charge in [0.05, 0.1) is 19.1 Å². The molecule has 0 aliphatic heterocycles. The highest BCUT2D eigenvalue weighted by Gasteiger charge is 2.17. The van der Waals surface area contributed by atoms with Gasteiger partial charge in [0.15, 0.2) is 11.5 Å². The molecule has 0 saturated heterocycles. The minimum atomic E-state index is -3.69. The summed E-state index contributed by atoms with van der Waals surface area (Å²) in [6.45, 7) is 0.171. The summed E-state index contributed by atoms with van der Waals surface area (Å²) in [6, 6.07) is 16.0. The van der Waals surface area contributed by atoms with Crippen LogP contribution in [-0.4, -0.2) is 27.6 Å². The second-order valence-corrected chi connectivity index (χ2v) is 7.55. The smallest absolute Gasteiger partial charge is 0.241 e. The minimum Gasteiger partial charge on any atom is -0.493 e. The Bertz CT molecular complexity index is 1020. The molecule has 3 aromatic rings. The van der Waals surface area contributed by atoms with Crippen molar-refractivity contribution in [3.05, 3.63) is 72.6 Å². The van der Waals surface area contributed by atoms with Gasteiger partial charge in [0, 0.05) is 25.0 Å². The van der Waals surface area contributed by atoms with Gasteiger partial charge in [-0.05, 0) is 41.0 Å². The van der Waals surface area contributed by atoms with Gasteiger partial charge in [-0.25, -0.2) is 13.1 Å². The van der Waals surface area contributed by atoms with E-state index < -0.39 is 10.0 Å². The predicted molar refractivity (Wildman–Crippen MR) is 103 cm³/mol. The van der Waals surface area contributed by atoms with Gasteiger partial charge >= 0.3 is 0 Å². The number of sulfonamides is 1. The molecular weight excluding hydrogens is 364 g/mol. The predicted octanol–water partition coefficient (Wildman–Crippen LogP) is 3.24. The van der Waals surface area contributed by atoms with Gasteiger partial charge in [-0.15, -0.1) is 0 Å². The molecule has 1 N–H and O–H groups in total. The number of nitrogens with zero attached hydrogens (tertiary/aromatic N) is 1. The Morgan fingerprint density at radius 2 is 1.70 bits per heavy atom. The summed E-state index contributed by atoms with van der Waals surface area (Å²) < 4.78 is 38.2. The van der Waals surface area contributed by atoms with Crippen LogP contribution in [0.2, 0.25) is 0 Å². The van der Waals surface area contributed by atoms with Crippen molar-refractivity contribution in [2.24, 2.45) is 0 Å². The number of methoxy groups -OCH3 is 2. The van der Waals surface area contributed by atoms with Crippen LogP contribution in [0.3, 0.4) is 0 Å². The normalized spacial score (nSPS) is 11.2. The second kappa shape index (κ2) is 8.20. The molecule has 1 heterocycles. The number of hydrogen-bond acceptors (Lipinski definition) is 5. The fourth-order valence-electron chi connectivity index (χ4n) is 2.64. The number of rotatable bonds is 7. The van der Waals surface area contributed by atoms with Crippen LogP contribution in [0, 0.1) is 0 Å². The summed E-state index contributed by atoms with van der Waals surface area (Å²) in [4.78, 5) is 4.23. The Morgan fingerprint density at radius 3 is 2.41 bits per heavy atom. The molecule has 6 nitrogen and oxygen atoms in total. The molecule has 0 aliphatic carbocycles. The lowest BCUT2D eigenvalue weighted by atomic mass is 10.1. The molecule has 0 atom stereocenters. The highest BCUT2D eigenvalue weighted by atomic mass is 32.2. The lowest BCUT2D eigenvalue weighted by molar-refractivity contribution is 0.354. The number of benzene rings is 2. The van der Waals surface area contributed by atoms with Crippen LogP contribution < -0.4 is 14.2 Å². The van der Waals surface area contributed by atoms with E-state index in [0.717, 1.165) is 16.7 Å². The fourth-order valence-corrected chi connectivity index (χ4v) is 3.67. The van der Waals surface area contributed by atoms with Gasteiger partial charge in [0.1, 0.15) is 0 Å². The zero-order valence-electron chi connectivity index (χ0n) is 15.0. The first-order valence-electron chi connectivity index (χ1n) is 8.24. The van der Waals surface area contributed by atoms with Crippen LogP contribution in [0.15, 0.2) is 71.9 Å². The first kappa shape index (κ1) is 18.9. The maximum Gasteiger partial charge on any atom is 0.241 e. The Balaban J connectivity index is 1.78. The van der Waals surface area contributed by atoms with Gasteiger partial charge in [-0.3, -0.25) is 4.98 Å². The SMILES string of the molecule is COc1ccc(S(=O)(=O)NCc2cccc(-c3cccnc3)c2)cc1OC. The molecule has 3 rings (SSSR count). The molecule has 140 valence electrons. The van der Waals surface area contributed by atoms with Gasteiger partial charge in [0.2, 0.25) is 10.0 Å². The summed E-state index contributed by atoms with van der Waals surface area (Å²) in [5.74, 6) is 0.833. The van der Waals surface area contributed by atoms with Gasteiger partial charge in [0.25, 0.3) is 0 Å². The zero-order valence-corrected chi connectivity index (χ0v) is 15.9. The van der Waals surface area contributed by atoms with Crippen LogP contribution in [0.25, 0.3) is 11.1 Å². The third-order valence-electron chi connectivity index (χ3n) is 4.05. The summed E-state index contributed by atoms with van der Waals surface area (Å²) in [6.07, 6.45) is 3.48. The maximum absolute atomic E-state index is 12.6. The molecule has 0 unspecified atom stereocenters. The molecule has 0 amide bonds. The summed E-state index contributed by atoms with van der Waals surface area (Å²) in [7, 11) is -0.728. The Hall–Kier alpha value is -2.90. The first-order valence-corrected chi connectivity index (χ1v) is 9.73.